The van der Waals surface area contributed by atoms with E-state index in [1.54, 1.807) is 0 Å². The predicted octanol–water partition coefficient (Wildman–Crippen LogP) is 4.25. The van der Waals surface area contributed by atoms with Crippen molar-refractivity contribution in [1.82, 2.24) is 0 Å². The fourth-order valence-electron chi connectivity index (χ4n) is 2.25. The molecule has 1 aromatic carbocycles. The van der Waals surface area contributed by atoms with Gasteiger partial charge in [0.05, 0.1) is 0 Å². The van der Waals surface area contributed by atoms with E-state index in [-0.39, 0.29) is 11.2 Å². The number of Topliss-reactive ketones (excluding diaryl/α,β-unsaturated/α-hetero) is 1. The molecule has 0 aliphatic carbocycles. The van der Waals surface area contributed by atoms with E-state index in [1.807, 2.05) is 47.6 Å². The van der Waals surface area contributed by atoms with Crippen LogP contribution in [-0.4, -0.2) is 18.5 Å². The van der Waals surface area contributed by atoms with Crippen LogP contribution in [0.3, 0.4) is 0 Å². The molecule has 2 heteroatoms. The van der Waals surface area contributed by atoms with Gasteiger partial charge in [0.1, 0.15) is 6.10 Å². The van der Waals surface area contributed by atoms with Gasteiger partial charge in [0.15, 0.2) is 5.78 Å². The molecule has 19 heavy (non-hydrogen) atoms. The first-order valence-electron chi connectivity index (χ1n) is 6.92. The molecule has 0 heterocycles. The highest BCUT2D eigenvalue weighted by Gasteiger charge is 2.33. The van der Waals surface area contributed by atoms with Gasteiger partial charge in [-0.2, -0.15) is 0 Å². The molecule has 0 fully saturated rings. The van der Waals surface area contributed by atoms with Gasteiger partial charge in [-0.15, -0.1) is 0 Å². The Morgan fingerprint density at radius 2 is 1.63 bits per heavy atom. The number of carbonyl (C=O) groups is 1. The van der Waals surface area contributed by atoms with Crippen molar-refractivity contribution in [3.8, 4) is 0 Å². The predicted molar refractivity (Wildman–Crippen MR) is 79.9 cm³/mol. The van der Waals surface area contributed by atoms with Crippen molar-refractivity contribution in [1.29, 1.82) is 0 Å². The summed E-state index contributed by atoms with van der Waals surface area (Å²) >= 11 is 0. The second-order valence-corrected chi connectivity index (χ2v) is 6.32. The first-order valence-corrected chi connectivity index (χ1v) is 6.92. The average Bonchev–Trinajstić information content (AvgIpc) is 2.28. The lowest BCUT2D eigenvalue weighted by Gasteiger charge is -2.29. The van der Waals surface area contributed by atoms with E-state index in [9.17, 15) is 4.79 Å². The minimum atomic E-state index is -0.390. The highest BCUT2D eigenvalue weighted by molar-refractivity contribution is 6.01. The quantitative estimate of drug-likeness (QED) is 0.758. The maximum Gasteiger partial charge on any atom is 0.192 e. The van der Waals surface area contributed by atoms with E-state index in [0.717, 1.165) is 16.7 Å². The minimum Gasteiger partial charge on any atom is -0.370 e. The molecule has 0 aliphatic heterocycles. The molecule has 1 aromatic rings. The third-order valence-corrected chi connectivity index (χ3v) is 3.46. The third-order valence-electron chi connectivity index (χ3n) is 3.46. The highest BCUT2D eigenvalue weighted by atomic mass is 16.5. The standard InChI is InChI=1S/C17H26O2/c1-8-19-16(17(5,6)7)15(18)14-10-12(3)11(2)9-13(14)4/h9-10,16H,8H2,1-7H3. The maximum atomic E-state index is 12.7. The van der Waals surface area contributed by atoms with Crippen LogP contribution in [0.25, 0.3) is 0 Å². The molecule has 1 unspecified atom stereocenters. The second-order valence-electron chi connectivity index (χ2n) is 6.32. The van der Waals surface area contributed by atoms with Crippen LogP contribution in [0.15, 0.2) is 12.1 Å². The van der Waals surface area contributed by atoms with Gasteiger partial charge in [-0.05, 0) is 55.9 Å². The molecule has 0 saturated heterocycles. The smallest absolute Gasteiger partial charge is 0.192 e. The first-order chi connectivity index (χ1) is 8.68. The summed E-state index contributed by atoms with van der Waals surface area (Å²) in [5.41, 5.74) is 3.99. The molecular formula is C17H26O2. The van der Waals surface area contributed by atoms with Crippen molar-refractivity contribution in [2.45, 2.75) is 54.6 Å². The molecule has 0 spiro atoms. The Balaban J connectivity index is 3.21. The zero-order chi connectivity index (χ0) is 14.8. The molecule has 0 amide bonds. The molecule has 106 valence electrons. The van der Waals surface area contributed by atoms with Gasteiger partial charge in [0, 0.05) is 12.2 Å². The average molecular weight is 262 g/mol. The van der Waals surface area contributed by atoms with Crippen molar-refractivity contribution in [2.24, 2.45) is 5.41 Å². The molecule has 0 bridgehead atoms. The fourth-order valence-corrected chi connectivity index (χ4v) is 2.25. The van der Waals surface area contributed by atoms with Gasteiger partial charge < -0.3 is 4.74 Å². The zero-order valence-corrected chi connectivity index (χ0v) is 13.3. The van der Waals surface area contributed by atoms with Crippen molar-refractivity contribution >= 4 is 5.78 Å². The number of hydrogen-bond donors (Lipinski definition) is 0. The third kappa shape index (κ3) is 3.66. The van der Waals surface area contributed by atoms with Crippen LogP contribution in [0.2, 0.25) is 0 Å². The van der Waals surface area contributed by atoms with E-state index >= 15 is 0 Å². The molecule has 0 radical (unpaired) electrons. The van der Waals surface area contributed by atoms with E-state index in [4.69, 9.17) is 4.74 Å². The summed E-state index contributed by atoms with van der Waals surface area (Å²) in [5, 5.41) is 0. The number of carbonyl (C=O) groups excluding carboxylic acids is 1. The lowest BCUT2D eigenvalue weighted by atomic mass is 9.83. The van der Waals surface area contributed by atoms with Gasteiger partial charge in [0.25, 0.3) is 0 Å². The number of ketones is 1. The van der Waals surface area contributed by atoms with Gasteiger partial charge in [-0.1, -0.05) is 26.8 Å². The SMILES string of the molecule is CCOC(C(=O)c1cc(C)c(C)cc1C)C(C)(C)C. The summed E-state index contributed by atoms with van der Waals surface area (Å²) in [4.78, 5) is 12.7. The van der Waals surface area contributed by atoms with E-state index in [0.29, 0.717) is 6.61 Å². The Morgan fingerprint density at radius 3 is 2.11 bits per heavy atom. The lowest BCUT2D eigenvalue weighted by Crippen LogP contribution is -2.37. The second kappa shape index (κ2) is 5.87. The zero-order valence-electron chi connectivity index (χ0n) is 13.3. The molecule has 1 rings (SSSR count). The highest BCUT2D eigenvalue weighted by Crippen LogP contribution is 2.27. The number of rotatable bonds is 4. The normalized spacial score (nSPS) is 13.4. The maximum absolute atomic E-state index is 12.7. The lowest BCUT2D eigenvalue weighted by molar-refractivity contribution is -0.000269. The van der Waals surface area contributed by atoms with Gasteiger partial charge in [-0.25, -0.2) is 0 Å². The summed E-state index contributed by atoms with van der Waals surface area (Å²) in [6, 6.07) is 4.07. The van der Waals surface area contributed by atoms with Crippen LogP contribution in [0.5, 0.6) is 0 Å². The van der Waals surface area contributed by atoms with Crippen LogP contribution in [0.1, 0.15) is 54.7 Å². The molecule has 1 atom stereocenters. The van der Waals surface area contributed by atoms with Gasteiger partial charge in [0.2, 0.25) is 0 Å². The summed E-state index contributed by atoms with van der Waals surface area (Å²) < 4.78 is 5.70. The largest absolute Gasteiger partial charge is 0.370 e. The Labute approximate surface area is 117 Å². The van der Waals surface area contributed by atoms with E-state index < -0.39 is 6.10 Å². The molecule has 2 nitrogen and oxygen atoms in total. The van der Waals surface area contributed by atoms with Crippen LogP contribution >= 0.6 is 0 Å². The summed E-state index contributed by atoms with van der Waals surface area (Å²) in [7, 11) is 0. The first kappa shape index (κ1) is 15.9. The van der Waals surface area contributed by atoms with Crippen molar-refractivity contribution in [3.63, 3.8) is 0 Å². The molecule has 0 aliphatic rings. The van der Waals surface area contributed by atoms with Gasteiger partial charge >= 0.3 is 0 Å². The topological polar surface area (TPSA) is 26.3 Å². The fraction of sp³-hybridized carbons (Fsp3) is 0.588. The monoisotopic (exact) mass is 262 g/mol. The number of ether oxygens (including phenoxy) is 1. The number of hydrogen-bond acceptors (Lipinski definition) is 2. The van der Waals surface area contributed by atoms with Crippen LogP contribution < -0.4 is 0 Å². The van der Waals surface area contributed by atoms with Crippen LogP contribution in [0, 0.1) is 26.2 Å². The Hall–Kier alpha value is -1.15. The van der Waals surface area contributed by atoms with E-state index in [1.165, 1.54) is 5.56 Å². The Bertz CT molecular complexity index is 467. The van der Waals surface area contributed by atoms with Crippen molar-refractivity contribution < 1.29 is 9.53 Å². The Kier molecular flexibility index (Phi) is 4.92. The minimum absolute atomic E-state index is 0.0925. The molecule has 0 N–H and O–H groups in total. The number of aryl methyl sites for hydroxylation is 3. The van der Waals surface area contributed by atoms with Crippen LogP contribution in [0.4, 0.5) is 0 Å². The van der Waals surface area contributed by atoms with Crippen molar-refractivity contribution in [3.05, 3.63) is 34.4 Å². The van der Waals surface area contributed by atoms with Crippen molar-refractivity contribution in [2.75, 3.05) is 6.61 Å². The summed E-state index contributed by atoms with van der Waals surface area (Å²) in [5.74, 6) is 0.0925. The number of benzene rings is 1. The summed E-state index contributed by atoms with van der Waals surface area (Å²) in [6.45, 7) is 14.7. The van der Waals surface area contributed by atoms with E-state index in [2.05, 4.69) is 13.0 Å². The summed E-state index contributed by atoms with van der Waals surface area (Å²) in [6.07, 6.45) is -0.390. The molecule has 0 aromatic heterocycles. The Morgan fingerprint density at radius 1 is 1.11 bits per heavy atom. The molecule has 0 saturated carbocycles. The van der Waals surface area contributed by atoms with Crippen LogP contribution in [-0.2, 0) is 4.74 Å². The molecular weight excluding hydrogens is 236 g/mol. The van der Waals surface area contributed by atoms with Gasteiger partial charge in [-0.3, -0.25) is 4.79 Å².